The SMILES string of the molecule is COC(=O)[C@@]1(C)CC[C@]2(C(=O)O)CC[C@]3(C)C(=CC[C@@H]4[C@@]5(C)C[C@@H](O)[C@@H](O[C@@H]6OC[C@@H](O[C@@H]7O[C@H](CO)[C@@H](O)[C@H](O)[C@H]7O)[C@H](O)[C@H]6O)[C@@](C)(CO)[C@@H]5CC[C@]43C)[C@@H]2C1. The van der Waals surface area contributed by atoms with Crippen molar-refractivity contribution < 1.29 is 79.2 Å². The monoisotopic (exact) mass is 826 g/mol. The number of carboxylic acid groups (broad SMARTS) is 1. The number of carbonyl (C=O) groups excluding carboxylic acids is 1. The van der Waals surface area contributed by atoms with Crippen LogP contribution in [-0.4, -0.2) is 152 Å². The Labute approximate surface area is 339 Å². The summed E-state index contributed by atoms with van der Waals surface area (Å²) in [5, 5.41) is 96.7. The minimum absolute atomic E-state index is 0.0422. The number of ether oxygens (including phenoxy) is 5. The number of fused-ring (bicyclic) bond motifs is 7. The van der Waals surface area contributed by atoms with Gasteiger partial charge in [0, 0.05) is 5.41 Å². The van der Waals surface area contributed by atoms with E-state index in [2.05, 4.69) is 26.8 Å². The predicted molar refractivity (Wildman–Crippen MR) is 201 cm³/mol. The van der Waals surface area contributed by atoms with Gasteiger partial charge in [-0.05, 0) is 98.7 Å². The summed E-state index contributed by atoms with van der Waals surface area (Å²) in [5.74, 6) is -1.57. The number of carbonyl (C=O) groups is 2. The van der Waals surface area contributed by atoms with Gasteiger partial charge >= 0.3 is 11.9 Å². The van der Waals surface area contributed by atoms with Gasteiger partial charge in [-0.2, -0.15) is 0 Å². The lowest BCUT2D eigenvalue weighted by Crippen LogP contribution is -2.69. The van der Waals surface area contributed by atoms with Gasteiger partial charge in [0.1, 0.15) is 42.7 Å². The summed E-state index contributed by atoms with van der Waals surface area (Å²) in [5.41, 5.74) is -2.86. The van der Waals surface area contributed by atoms with Gasteiger partial charge in [-0.15, -0.1) is 0 Å². The van der Waals surface area contributed by atoms with E-state index >= 15 is 0 Å². The normalized spacial score (nSPS) is 54.2. The quantitative estimate of drug-likeness (QED) is 0.0923. The second-order valence-corrected chi connectivity index (χ2v) is 20.1. The summed E-state index contributed by atoms with van der Waals surface area (Å²) in [6, 6.07) is 0. The van der Waals surface area contributed by atoms with Gasteiger partial charge < -0.3 is 69.6 Å². The highest BCUT2D eigenvalue weighted by atomic mass is 16.7. The van der Waals surface area contributed by atoms with Crippen LogP contribution in [0.15, 0.2) is 11.6 Å². The van der Waals surface area contributed by atoms with Crippen molar-refractivity contribution in [3.05, 3.63) is 11.6 Å². The topological polar surface area (TPSA) is 262 Å². The second kappa shape index (κ2) is 15.2. The molecule has 0 amide bonds. The van der Waals surface area contributed by atoms with Crippen molar-refractivity contribution in [1.82, 2.24) is 0 Å². The predicted octanol–water partition coefficient (Wildman–Crippen LogP) is 0.617. The molecule has 16 nitrogen and oxygen atoms in total. The Morgan fingerprint density at radius 3 is 2.12 bits per heavy atom. The molecule has 9 N–H and O–H groups in total. The zero-order valence-corrected chi connectivity index (χ0v) is 34.5. The number of aliphatic hydroxyl groups excluding tert-OH is 8. The van der Waals surface area contributed by atoms with E-state index < -0.39 is 102 Å². The standard InChI is InChI=1S/C42H66O16/c1-37(36(53)54-6)11-13-42(35(51)52)14-12-40(4)20(21(42)15-37)7-8-26-38(2)16-22(45)32(39(3,19-44)25(38)9-10-41(26,40)5)58-33-30(49)28(47)24(18-55-33)57-34-31(50)29(48)27(46)23(17-43)56-34/h7,21-34,43-50H,8-19H2,1-6H3,(H,51,52)/t21-,22+,23+,24+,25+,26+,27+,28-,29-,30+,31+,32+,33-,34-,37-,38-,39-,40+,41+,42-/m0/s1. The number of hydrogen-bond donors (Lipinski definition) is 9. The minimum atomic E-state index is -1.73. The summed E-state index contributed by atoms with van der Waals surface area (Å²) in [4.78, 5) is 26.2. The van der Waals surface area contributed by atoms with E-state index in [0.29, 0.717) is 51.4 Å². The molecule has 0 aromatic heterocycles. The number of methoxy groups -OCH3 is 1. The molecule has 0 aromatic carbocycles. The van der Waals surface area contributed by atoms with Crippen LogP contribution in [0.5, 0.6) is 0 Å². The first-order chi connectivity index (χ1) is 27.1. The molecule has 2 heterocycles. The average molecular weight is 827 g/mol. The first kappa shape index (κ1) is 44.3. The maximum absolute atomic E-state index is 13.2. The Morgan fingerprint density at radius 2 is 1.48 bits per heavy atom. The lowest BCUT2D eigenvalue weighted by atomic mass is 9.33. The van der Waals surface area contributed by atoms with Crippen molar-refractivity contribution >= 4 is 11.9 Å². The number of allylic oxidation sites excluding steroid dienone is 2. The fourth-order valence-corrected chi connectivity index (χ4v) is 13.8. The lowest BCUT2D eigenvalue weighted by Gasteiger charge is -2.71. The highest BCUT2D eigenvalue weighted by Crippen LogP contribution is 2.76. The third kappa shape index (κ3) is 6.29. The van der Waals surface area contributed by atoms with E-state index in [9.17, 15) is 55.5 Å². The zero-order chi connectivity index (χ0) is 42.5. The largest absolute Gasteiger partial charge is 0.481 e. The molecule has 0 bridgehead atoms. The van der Waals surface area contributed by atoms with Crippen LogP contribution in [0.2, 0.25) is 0 Å². The number of hydrogen-bond acceptors (Lipinski definition) is 15. The fourth-order valence-electron chi connectivity index (χ4n) is 13.8. The molecule has 0 spiro atoms. The van der Waals surface area contributed by atoms with E-state index in [1.165, 1.54) is 7.11 Å². The summed E-state index contributed by atoms with van der Waals surface area (Å²) in [7, 11) is 1.38. The molecular weight excluding hydrogens is 760 g/mol. The zero-order valence-electron chi connectivity index (χ0n) is 34.5. The number of aliphatic hydroxyl groups is 8. The molecule has 330 valence electrons. The second-order valence-electron chi connectivity index (χ2n) is 20.1. The molecule has 4 saturated carbocycles. The number of esters is 1. The van der Waals surface area contributed by atoms with Crippen LogP contribution in [0.3, 0.4) is 0 Å². The van der Waals surface area contributed by atoms with Gasteiger partial charge in [-0.25, -0.2) is 0 Å². The minimum Gasteiger partial charge on any atom is -0.481 e. The van der Waals surface area contributed by atoms with Gasteiger partial charge in [-0.1, -0.05) is 39.3 Å². The van der Waals surface area contributed by atoms with Crippen LogP contribution in [0.1, 0.15) is 92.4 Å². The Hall–Kier alpha value is -1.80. The number of aliphatic carboxylic acids is 1. The van der Waals surface area contributed by atoms with Gasteiger partial charge in [0.2, 0.25) is 0 Å². The molecule has 0 unspecified atom stereocenters. The van der Waals surface area contributed by atoms with Gasteiger partial charge in [0.25, 0.3) is 0 Å². The van der Waals surface area contributed by atoms with E-state index in [0.717, 1.165) is 12.0 Å². The van der Waals surface area contributed by atoms with E-state index in [-0.39, 0.29) is 47.8 Å². The first-order valence-electron chi connectivity index (χ1n) is 21.0. The van der Waals surface area contributed by atoms with Crippen molar-refractivity contribution in [3.63, 3.8) is 0 Å². The molecule has 2 aliphatic heterocycles. The third-order valence-corrected chi connectivity index (χ3v) is 17.4. The van der Waals surface area contributed by atoms with Crippen LogP contribution < -0.4 is 0 Å². The lowest BCUT2D eigenvalue weighted by molar-refractivity contribution is -0.357. The summed E-state index contributed by atoms with van der Waals surface area (Å²) in [6.07, 6.45) is -8.96. The molecule has 7 aliphatic rings. The van der Waals surface area contributed by atoms with E-state index in [4.69, 9.17) is 23.7 Å². The maximum Gasteiger partial charge on any atom is 0.311 e. The van der Waals surface area contributed by atoms with Crippen molar-refractivity contribution in [2.45, 2.75) is 160 Å². The van der Waals surface area contributed by atoms with Crippen molar-refractivity contribution in [2.24, 2.45) is 50.2 Å². The van der Waals surface area contributed by atoms with Crippen LogP contribution in [0, 0.1) is 50.2 Å². The third-order valence-electron chi connectivity index (χ3n) is 17.4. The molecule has 0 radical (unpaired) electrons. The maximum atomic E-state index is 13.2. The first-order valence-corrected chi connectivity index (χ1v) is 21.0. The van der Waals surface area contributed by atoms with Gasteiger partial charge in [0.15, 0.2) is 12.6 Å². The van der Waals surface area contributed by atoms with Crippen LogP contribution in [0.25, 0.3) is 0 Å². The fraction of sp³-hybridized carbons (Fsp3) is 0.905. The van der Waals surface area contributed by atoms with Crippen LogP contribution >= 0.6 is 0 Å². The Balaban J connectivity index is 1.11. The Kier molecular flexibility index (Phi) is 11.6. The molecular formula is C42H66O16. The summed E-state index contributed by atoms with van der Waals surface area (Å²) in [6.45, 7) is 9.16. The molecule has 5 aliphatic carbocycles. The van der Waals surface area contributed by atoms with Crippen LogP contribution in [-0.2, 0) is 33.3 Å². The smallest absolute Gasteiger partial charge is 0.311 e. The Morgan fingerprint density at radius 1 is 0.810 bits per heavy atom. The summed E-state index contributed by atoms with van der Waals surface area (Å²) >= 11 is 0. The highest BCUT2D eigenvalue weighted by Gasteiger charge is 2.71. The molecule has 58 heavy (non-hydrogen) atoms. The average Bonchev–Trinajstić information content (AvgIpc) is 3.18. The molecule has 2 saturated heterocycles. The summed E-state index contributed by atoms with van der Waals surface area (Å²) < 4.78 is 28.5. The number of rotatable bonds is 8. The van der Waals surface area contributed by atoms with Gasteiger partial charge in [0.05, 0.1) is 50.0 Å². The Bertz CT molecular complexity index is 1610. The van der Waals surface area contributed by atoms with E-state index in [1.54, 1.807) is 0 Å². The van der Waals surface area contributed by atoms with E-state index in [1.807, 2.05) is 13.8 Å². The van der Waals surface area contributed by atoms with Gasteiger partial charge in [-0.3, -0.25) is 9.59 Å². The molecule has 6 fully saturated rings. The molecule has 16 heteroatoms. The molecule has 0 aromatic rings. The number of carboxylic acids is 1. The molecule has 7 rings (SSSR count). The van der Waals surface area contributed by atoms with Crippen molar-refractivity contribution in [2.75, 3.05) is 26.9 Å². The van der Waals surface area contributed by atoms with Crippen LogP contribution in [0.4, 0.5) is 0 Å². The highest BCUT2D eigenvalue weighted by molar-refractivity contribution is 5.80. The van der Waals surface area contributed by atoms with Crippen molar-refractivity contribution in [1.29, 1.82) is 0 Å². The molecule has 20 atom stereocenters. The van der Waals surface area contributed by atoms with Crippen molar-refractivity contribution in [3.8, 4) is 0 Å².